The van der Waals surface area contributed by atoms with Crippen molar-refractivity contribution >= 4 is 5.69 Å². The van der Waals surface area contributed by atoms with Crippen molar-refractivity contribution in [1.29, 1.82) is 0 Å². The molecule has 1 heterocycles. The van der Waals surface area contributed by atoms with Crippen LogP contribution in [0, 0.1) is 5.92 Å². The van der Waals surface area contributed by atoms with Crippen LogP contribution in [-0.2, 0) is 6.18 Å². The van der Waals surface area contributed by atoms with E-state index in [2.05, 4.69) is 11.9 Å². The predicted molar refractivity (Wildman–Crippen MR) is 72.5 cm³/mol. The number of ether oxygens (including phenoxy) is 1. The molecule has 0 aliphatic carbocycles. The van der Waals surface area contributed by atoms with Crippen LogP contribution < -0.4 is 10.5 Å². The number of alkyl halides is 3. The van der Waals surface area contributed by atoms with Crippen molar-refractivity contribution in [3.05, 3.63) is 18.0 Å². The topological polar surface area (TPSA) is 48.1 Å². The molecule has 114 valence electrons. The Morgan fingerprint density at radius 2 is 2.05 bits per heavy atom. The molecule has 1 atom stereocenters. The van der Waals surface area contributed by atoms with Gasteiger partial charge < -0.3 is 10.5 Å². The summed E-state index contributed by atoms with van der Waals surface area (Å²) in [6.45, 7) is 4.52. The van der Waals surface area contributed by atoms with Crippen LogP contribution in [0.3, 0.4) is 0 Å². The monoisotopic (exact) mass is 290 g/mol. The summed E-state index contributed by atoms with van der Waals surface area (Å²) in [4.78, 5) is 3.28. The molecule has 3 nitrogen and oxygen atoms in total. The third kappa shape index (κ3) is 4.90. The molecule has 1 unspecified atom stereocenters. The molecular formula is C14H21F3N2O. The Morgan fingerprint density at radius 3 is 2.60 bits per heavy atom. The molecule has 1 aromatic heterocycles. The third-order valence-electron chi connectivity index (χ3n) is 3.20. The van der Waals surface area contributed by atoms with Gasteiger partial charge in [-0.3, -0.25) is 0 Å². The lowest BCUT2D eigenvalue weighted by Gasteiger charge is -2.17. The summed E-state index contributed by atoms with van der Waals surface area (Å²) < 4.78 is 43.2. The first-order chi connectivity index (χ1) is 9.38. The number of nitrogens with two attached hydrogens (primary N) is 1. The van der Waals surface area contributed by atoms with E-state index >= 15 is 0 Å². The van der Waals surface area contributed by atoms with Gasteiger partial charge >= 0.3 is 6.18 Å². The number of nitrogen functional groups attached to an aromatic ring is 1. The van der Waals surface area contributed by atoms with E-state index in [1.165, 1.54) is 0 Å². The van der Waals surface area contributed by atoms with Crippen LogP contribution >= 0.6 is 0 Å². The zero-order chi connectivity index (χ0) is 15.2. The molecule has 1 rings (SSSR count). The average Bonchev–Trinajstić information content (AvgIpc) is 2.39. The summed E-state index contributed by atoms with van der Waals surface area (Å²) in [5.74, 6) is 0.388. The Kier molecular flexibility index (Phi) is 6.10. The highest BCUT2D eigenvalue weighted by molar-refractivity contribution is 5.51. The number of nitrogens with zero attached hydrogens (tertiary/aromatic N) is 1. The molecule has 0 bridgehead atoms. The molecule has 6 heteroatoms. The van der Waals surface area contributed by atoms with Gasteiger partial charge in [-0.25, -0.2) is 4.98 Å². The van der Waals surface area contributed by atoms with E-state index in [4.69, 9.17) is 10.5 Å². The smallest absolute Gasteiger partial charge is 0.433 e. The summed E-state index contributed by atoms with van der Waals surface area (Å²) in [6.07, 6.45) is 0.609. The Bertz CT molecular complexity index is 421. The first-order valence-corrected chi connectivity index (χ1v) is 6.84. The van der Waals surface area contributed by atoms with Gasteiger partial charge in [0.15, 0.2) is 0 Å². The second-order valence-corrected chi connectivity index (χ2v) is 4.83. The molecule has 0 aromatic carbocycles. The van der Waals surface area contributed by atoms with Gasteiger partial charge in [0.05, 0.1) is 18.5 Å². The number of unbranched alkanes of at least 4 members (excludes halogenated alkanes) is 1. The van der Waals surface area contributed by atoms with Crippen molar-refractivity contribution in [2.45, 2.75) is 45.7 Å². The van der Waals surface area contributed by atoms with Gasteiger partial charge in [0.1, 0.15) is 11.4 Å². The Hall–Kier alpha value is -1.46. The standard InChI is InChI=1S/C14H21F3N2O/c1-3-5-6-10(4-2)9-20-12-7-13(14(15,16)17)19-8-11(12)18/h7-8,10H,3-6,9,18H2,1-2H3. The van der Waals surface area contributed by atoms with E-state index < -0.39 is 11.9 Å². The van der Waals surface area contributed by atoms with Gasteiger partial charge in [0, 0.05) is 6.07 Å². The highest BCUT2D eigenvalue weighted by atomic mass is 19.4. The van der Waals surface area contributed by atoms with Crippen LogP contribution in [0.15, 0.2) is 12.3 Å². The number of rotatable bonds is 7. The molecule has 2 N–H and O–H groups in total. The van der Waals surface area contributed by atoms with Crippen molar-refractivity contribution in [3.8, 4) is 5.75 Å². The molecule has 20 heavy (non-hydrogen) atoms. The highest BCUT2D eigenvalue weighted by Gasteiger charge is 2.33. The summed E-state index contributed by atoms with van der Waals surface area (Å²) in [6, 6.07) is 0.863. The maximum atomic E-state index is 12.6. The van der Waals surface area contributed by atoms with Gasteiger partial charge in [-0.1, -0.05) is 33.1 Å². The minimum atomic E-state index is -4.49. The first-order valence-electron chi connectivity index (χ1n) is 6.84. The zero-order valence-electron chi connectivity index (χ0n) is 11.8. The maximum Gasteiger partial charge on any atom is 0.433 e. The molecular weight excluding hydrogens is 269 g/mol. The summed E-state index contributed by atoms with van der Waals surface area (Å²) in [7, 11) is 0. The molecule has 0 saturated carbocycles. The number of hydrogen-bond acceptors (Lipinski definition) is 3. The minimum absolute atomic E-state index is 0.0577. The molecule has 0 saturated heterocycles. The van der Waals surface area contributed by atoms with Crippen molar-refractivity contribution in [3.63, 3.8) is 0 Å². The van der Waals surface area contributed by atoms with Crippen LogP contribution in [0.5, 0.6) is 5.75 Å². The number of hydrogen-bond donors (Lipinski definition) is 1. The molecule has 1 aromatic rings. The fourth-order valence-corrected chi connectivity index (χ4v) is 1.83. The largest absolute Gasteiger partial charge is 0.491 e. The van der Waals surface area contributed by atoms with Gasteiger partial charge in [-0.05, 0) is 12.3 Å². The number of aromatic nitrogens is 1. The quantitative estimate of drug-likeness (QED) is 0.815. The summed E-state index contributed by atoms with van der Waals surface area (Å²) in [5, 5.41) is 0. The lowest BCUT2D eigenvalue weighted by atomic mass is 10.0. The highest BCUT2D eigenvalue weighted by Crippen LogP contribution is 2.32. The van der Waals surface area contributed by atoms with Crippen LogP contribution in [0.1, 0.15) is 45.2 Å². The first kappa shape index (κ1) is 16.6. The van der Waals surface area contributed by atoms with Gasteiger partial charge in [0.25, 0.3) is 0 Å². The lowest BCUT2D eigenvalue weighted by Crippen LogP contribution is -2.14. The third-order valence-corrected chi connectivity index (χ3v) is 3.20. The lowest BCUT2D eigenvalue weighted by molar-refractivity contribution is -0.141. The van der Waals surface area contributed by atoms with Gasteiger partial charge in [-0.15, -0.1) is 0 Å². The van der Waals surface area contributed by atoms with Crippen molar-refractivity contribution in [2.24, 2.45) is 5.92 Å². The van der Waals surface area contributed by atoms with E-state index in [-0.39, 0.29) is 11.4 Å². The van der Waals surface area contributed by atoms with Gasteiger partial charge in [-0.2, -0.15) is 13.2 Å². The van der Waals surface area contributed by atoms with Crippen molar-refractivity contribution < 1.29 is 17.9 Å². The molecule has 0 aliphatic rings. The molecule has 0 radical (unpaired) electrons. The van der Waals surface area contributed by atoms with Crippen LogP contribution in [-0.4, -0.2) is 11.6 Å². The molecule has 0 spiro atoms. The van der Waals surface area contributed by atoms with E-state index in [0.717, 1.165) is 37.9 Å². The number of pyridine rings is 1. The molecule has 0 amide bonds. The van der Waals surface area contributed by atoms with E-state index in [0.29, 0.717) is 12.5 Å². The fraction of sp³-hybridized carbons (Fsp3) is 0.643. The van der Waals surface area contributed by atoms with E-state index in [1.807, 2.05) is 6.92 Å². The summed E-state index contributed by atoms with van der Waals surface area (Å²) in [5.41, 5.74) is 4.75. The SMILES string of the molecule is CCCCC(CC)COc1cc(C(F)(F)F)ncc1N. The van der Waals surface area contributed by atoms with Crippen molar-refractivity contribution in [1.82, 2.24) is 4.98 Å². The normalized spacial score (nSPS) is 13.2. The van der Waals surface area contributed by atoms with E-state index in [1.54, 1.807) is 0 Å². The predicted octanol–water partition coefficient (Wildman–Crippen LogP) is 4.28. The van der Waals surface area contributed by atoms with Crippen molar-refractivity contribution in [2.75, 3.05) is 12.3 Å². The Morgan fingerprint density at radius 1 is 1.35 bits per heavy atom. The van der Waals surface area contributed by atoms with E-state index in [9.17, 15) is 13.2 Å². The van der Waals surface area contributed by atoms with Crippen LogP contribution in [0.4, 0.5) is 18.9 Å². The zero-order valence-corrected chi connectivity index (χ0v) is 11.8. The van der Waals surface area contributed by atoms with Crippen LogP contribution in [0.2, 0.25) is 0 Å². The van der Waals surface area contributed by atoms with Crippen LogP contribution in [0.25, 0.3) is 0 Å². The van der Waals surface area contributed by atoms with Gasteiger partial charge in [0.2, 0.25) is 0 Å². The molecule has 0 aliphatic heterocycles. The number of anilines is 1. The average molecular weight is 290 g/mol. The second kappa shape index (κ2) is 7.36. The number of halogens is 3. The second-order valence-electron chi connectivity index (χ2n) is 4.83. The Labute approximate surface area is 117 Å². The maximum absolute atomic E-state index is 12.6. The minimum Gasteiger partial charge on any atom is -0.491 e. The fourth-order valence-electron chi connectivity index (χ4n) is 1.83. The summed E-state index contributed by atoms with van der Waals surface area (Å²) >= 11 is 0. The molecule has 0 fully saturated rings. The Balaban J connectivity index is 2.71.